The van der Waals surface area contributed by atoms with Crippen LogP contribution in [0.2, 0.25) is 0 Å². The van der Waals surface area contributed by atoms with E-state index >= 15 is 0 Å². The molecule has 110 valence electrons. The van der Waals surface area contributed by atoms with Crippen LogP contribution < -0.4 is 0 Å². The first-order valence-electron chi connectivity index (χ1n) is 6.37. The van der Waals surface area contributed by atoms with Crippen molar-refractivity contribution in [2.45, 2.75) is 59.2 Å². The Hall–Kier alpha value is -0.620. The third-order valence-electron chi connectivity index (χ3n) is 2.66. The van der Waals surface area contributed by atoms with Crippen LogP contribution in [0.3, 0.4) is 0 Å². The molecule has 0 aliphatic rings. The topological polar surface area (TPSA) is 64.8 Å². The van der Waals surface area contributed by atoms with Gasteiger partial charge in [-0.05, 0) is 17.8 Å². The number of halogens is 1. The Bertz CT molecular complexity index is 530. The number of hydrogen-bond donors (Lipinski definition) is 0. The van der Waals surface area contributed by atoms with E-state index in [1.807, 2.05) is 13.8 Å². The summed E-state index contributed by atoms with van der Waals surface area (Å²) in [6.07, 6.45) is 1.60. The van der Waals surface area contributed by atoms with Gasteiger partial charge >= 0.3 is 0 Å². The van der Waals surface area contributed by atoms with Gasteiger partial charge in [0, 0.05) is 23.6 Å². The van der Waals surface area contributed by atoms with Crippen LogP contribution in [0, 0.1) is 11.3 Å². The molecule has 0 aromatic carbocycles. The van der Waals surface area contributed by atoms with Gasteiger partial charge in [0.15, 0.2) is 0 Å². The van der Waals surface area contributed by atoms with Crippen molar-refractivity contribution in [3.8, 4) is 0 Å². The highest BCUT2D eigenvalue weighted by Crippen LogP contribution is 2.23. The summed E-state index contributed by atoms with van der Waals surface area (Å²) in [5.74, 6) is 0.976. The molecule has 0 saturated carbocycles. The SMILES string of the molecule is CC(C)Cn1c(CCC(C)(C)C)nnc1S(=O)(=O)Cl. The van der Waals surface area contributed by atoms with Gasteiger partial charge in [-0.3, -0.25) is 0 Å². The van der Waals surface area contributed by atoms with Gasteiger partial charge in [-0.15, -0.1) is 10.2 Å². The minimum absolute atomic E-state index is 0.147. The number of aryl methyl sites for hydroxylation is 1. The Morgan fingerprint density at radius 2 is 1.84 bits per heavy atom. The van der Waals surface area contributed by atoms with Crippen molar-refractivity contribution in [1.82, 2.24) is 14.8 Å². The predicted molar refractivity (Wildman–Crippen MR) is 75.7 cm³/mol. The van der Waals surface area contributed by atoms with Crippen molar-refractivity contribution in [3.05, 3.63) is 5.82 Å². The maximum Gasteiger partial charge on any atom is 0.296 e. The van der Waals surface area contributed by atoms with Gasteiger partial charge in [0.1, 0.15) is 5.82 Å². The molecule has 0 N–H and O–H groups in total. The van der Waals surface area contributed by atoms with Gasteiger partial charge in [-0.2, -0.15) is 0 Å². The zero-order chi connectivity index (χ0) is 14.8. The lowest BCUT2D eigenvalue weighted by atomic mass is 9.90. The second-order valence-electron chi connectivity index (χ2n) is 6.40. The van der Waals surface area contributed by atoms with Gasteiger partial charge in [0.05, 0.1) is 0 Å². The number of hydrogen-bond acceptors (Lipinski definition) is 4. The smallest absolute Gasteiger partial charge is 0.296 e. The van der Waals surface area contributed by atoms with E-state index in [2.05, 4.69) is 31.0 Å². The summed E-state index contributed by atoms with van der Waals surface area (Å²) in [5, 5.41) is 7.58. The van der Waals surface area contributed by atoms with Gasteiger partial charge < -0.3 is 4.57 Å². The molecular weight excluding hydrogens is 286 g/mol. The number of aromatic nitrogens is 3. The molecule has 0 fully saturated rings. The molecule has 0 aliphatic carbocycles. The number of nitrogens with zero attached hydrogens (tertiary/aromatic N) is 3. The quantitative estimate of drug-likeness (QED) is 0.785. The first-order valence-corrected chi connectivity index (χ1v) is 8.68. The van der Waals surface area contributed by atoms with Gasteiger partial charge in [0.2, 0.25) is 0 Å². The maximum absolute atomic E-state index is 11.5. The molecule has 0 radical (unpaired) electrons. The van der Waals surface area contributed by atoms with Crippen molar-refractivity contribution >= 4 is 19.7 Å². The maximum atomic E-state index is 11.5. The lowest BCUT2D eigenvalue weighted by molar-refractivity contribution is 0.367. The highest BCUT2D eigenvalue weighted by Gasteiger charge is 2.23. The molecule has 1 aromatic heterocycles. The Morgan fingerprint density at radius 1 is 1.26 bits per heavy atom. The minimum Gasteiger partial charge on any atom is -0.301 e. The lowest BCUT2D eigenvalue weighted by Crippen LogP contribution is -2.15. The summed E-state index contributed by atoms with van der Waals surface area (Å²) in [5.41, 5.74) is 0.161. The molecule has 0 amide bonds. The van der Waals surface area contributed by atoms with Gasteiger partial charge in [-0.1, -0.05) is 34.6 Å². The van der Waals surface area contributed by atoms with Crippen LogP contribution in [0.1, 0.15) is 46.9 Å². The first-order chi connectivity index (χ1) is 8.50. The third-order valence-corrected chi connectivity index (χ3v) is 3.81. The van der Waals surface area contributed by atoms with Crippen molar-refractivity contribution < 1.29 is 8.42 Å². The zero-order valence-electron chi connectivity index (χ0n) is 12.1. The monoisotopic (exact) mass is 307 g/mol. The molecule has 0 unspecified atom stereocenters. The zero-order valence-corrected chi connectivity index (χ0v) is 13.7. The van der Waals surface area contributed by atoms with E-state index in [1.54, 1.807) is 4.57 Å². The second-order valence-corrected chi connectivity index (χ2v) is 8.86. The average Bonchev–Trinajstić information content (AvgIpc) is 2.55. The Balaban J connectivity index is 3.08. The summed E-state index contributed by atoms with van der Waals surface area (Å²) >= 11 is 0. The van der Waals surface area contributed by atoms with Crippen LogP contribution >= 0.6 is 10.7 Å². The van der Waals surface area contributed by atoms with E-state index in [0.29, 0.717) is 24.7 Å². The molecule has 1 rings (SSSR count). The highest BCUT2D eigenvalue weighted by atomic mass is 35.7. The molecule has 19 heavy (non-hydrogen) atoms. The highest BCUT2D eigenvalue weighted by molar-refractivity contribution is 8.13. The molecule has 1 aromatic rings. The molecule has 0 saturated heterocycles. The second kappa shape index (κ2) is 5.79. The van der Waals surface area contributed by atoms with E-state index in [4.69, 9.17) is 10.7 Å². The van der Waals surface area contributed by atoms with E-state index in [9.17, 15) is 8.42 Å². The van der Waals surface area contributed by atoms with Gasteiger partial charge in [0.25, 0.3) is 14.2 Å². The molecule has 0 bridgehead atoms. The van der Waals surface area contributed by atoms with Crippen molar-refractivity contribution in [1.29, 1.82) is 0 Å². The van der Waals surface area contributed by atoms with E-state index < -0.39 is 9.05 Å². The summed E-state index contributed by atoms with van der Waals surface area (Å²) in [7, 11) is 1.55. The fourth-order valence-corrected chi connectivity index (χ4v) is 2.64. The molecule has 7 heteroatoms. The van der Waals surface area contributed by atoms with Crippen LogP contribution in [0.4, 0.5) is 0 Å². The van der Waals surface area contributed by atoms with E-state index in [1.165, 1.54) is 0 Å². The van der Waals surface area contributed by atoms with Crippen molar-refractivity contribution in [2.24, 2.45) is 11.3 Å². The van der Waals surface area contributed by atoms with Crippen LogP contribution in [-0.4, -0.2) is 23.2 Å². The molecular formula is C12H22ClN3O2S. The molecule has 0 spiro atoms. The van der Waals surface area contributed by atoms with Crippen LogP contribution in [-0.2, 0) is 22.0 Å². The summed E-state index contributed by atoms with van der Waals surface area (Å²) in [4.78, 5) is 0. The Labute approximate surface area is 119 Å². The van der Waals surface area contributed by atoms with E-state index in [-0.39, 0.29) is 10.6 Å². The minimum atomic E-state index is -3.85. The fraction of sp³-hybridized carbons (Fsp3) is 0.833. The standard InChI is InChI=1S/C12H22ClN3O2S/c1-9(2)8-16-10(6-7-12(3,4)5)14-15-11(16)19(13,17)18/h9H,6-8H2,1-5H3. The molecule has 0 aliphatic heterocycles. The Morgan fingerprint density at radius 3 is 2.26 bits per heavy atom. The van der Waals surface area contributed by atoms with Crippen LogP contribution in [0.15, 0.2) is 5.16 Å². The summed E-state index contributed by atoms with van der Waals surface area (Å²) < 4.78 is 24.6. The number of rotatable bonds is 5. The fourth-order valence-electron chi connectivity index (χ4n) is 1.72. The van der Waals surface area contributed by atoms with E-state index in [0.717, 1.165) is 6.42 Å². The van der Waals surface area contributed by atoms with Gasteiger partial charge in [-0.25, -0.2) is 8.42 Å². The molecule has 1 heterocycles. The predicted octanol–water partition coefficient (Wildman–Crippen LogP) is 2.84. The Kier molecular flexibility index (Phi) is 5.01. The summed E-state index contributed by atoms with van der Waals surface area (Å²) in [6, 6.07) is 0. The van der Waals surface area contributed by atoms with Crippen molar-refractivity contribution in [3.63, 3.8) is 0 Å². The average molecular weight is 308 g/mol. The molecule has 5 nitrogen and oxygen atoms in total. The van der Waals surface area contributed by atoms with Crippen LogP contribution in [0.25, 0.3) is 0 Å². The molecule has 0 atom stereocenters. The third kappa shape index (κ3) is 5.10. The largest absolute Gasteiger partial charge is 0.301 e. The summed E-state index contributed by atoms with van der Waals surface area (Å²) in [6.45, 7) is 11.0. The van der Waals surface area contributed by atoms with Crippen LogP contribution in [0.5, 0.6) is 0 Å². The van der Waals surface area contributed by atoms with Crippen molar-refractivity contribution in [2.75, 3.05) is 0 Å². The first kappa shape index (κ1) is 16.4. The lowest BCUT2D eigenvalue weighted by Gasteiger charge is -2.18. The normalized spacial score (nSPS) is 13.2.